The summed E-state index contributed by atoms with van der Waals surface area (Å²) in [5, 5.41) is 3.41. The number of rotatable bonds is 6. The summed E-state index contributed by atoms with van der Waals surface area (Å²) in [6, 6.07) is 0.169. The monoisotopic (exact) mass is 262 g/mol. The third-order valence-corrected chi connectivity index (χ3v) is 5.07. The van der Waals surface area contributed by atoms with Crippen LogP contribution in [0.3, 0.4) is 0 Å². The maximum Gasteiger partial charge on any atom is 0.153 e. The molecule has 102 valence electrons. The van der Waals surface area contributed by atoms with Gasteiger partial charge in [0.15, 0.2) is 9.84 Å². The van der Waals surface area contributed by atoms with Crippen LogP contribution in [0.4, 0.5) is 0 Å². The number of nitrogens with zero attached hydrogens (tertiary/aromatic N) is 1. The highest BCUT2D eigenvalue weighted by Crippen LogP contribution is 2.13. The van der Waals surface area contributed by atoms with E-state index in [9.17, 15) is 8.42 Å². The molecule has 1 rings (SSSR count). The molecule has 0 aromatic carbocycles. The molecular formula is C12H26N2O2S. The number of sulfone groups is 1. The summed E-state index contributed by atoms with van der Waals surface area (Å²) in [7, 11) is -2.78. The Morgan fingerprint density at radius 3 is 2.76 bits per heavy atom. The molecule has 1 N–H and O–H groups in total. The van der Waals surface area contributed by atoms with E-state index in [-0.39, 0.29) is 6.04 Å². The van der Waals surface area contributed by atoms with Crippen LogP contribution in [0.15, 0.2) is 0 Å². The summed E-state index contributed by atoms with van der Waals surface area (Å²) in [6.45, 7) is 10.2. The molecule has 1 heterocycles. The first kappa shape index (κ1) is 14.9. The number of nitrogens with one attached hydrogen (secondary N) is 1. The van der Waals surface area contributed by atoms with Gasteiger partial charge in [-0.05, 0) is 32.4 Å². The van der Waals surface area contributed by atoms with E-state index >= 15 is 0 Å². The molecule has 4 nitrogen and oxygen atoms in total. The fourth-order valence-corrected chi connectivity index (χ4v) is 3.92. The molecule has 1 saturated heterocycles. The Balaban J connectivity index is 2.32. The Kier molecular flexibility index (Phi) is 5.89. The Bertz CT molecular complexity index is 316. The molecule has 1 aliphatic heterocycles. The lowest BCUT2D eigenvalue weighted by atomic mass is 10.1. The van der Waals surface area contributed by atoms with Crippen LogP contribution < -0.4 is 5.32 Å². The lowest BCUT2D eigenvalue weighted by Gasteiger charge is -2.34. The van der Waals surface area contributed by atoms with Gasteiger partial charge in [-0.15, -0.1) is 0 Å². The van der Waals surface area contributed by atoms with Gasteiger partial charge in [-0.1, -0.05) is 13.8 Å². The Morgan fingerprint density at radius 1 is 1.47 bits per heavy atom. The van der Waals surface area contributed by atoms with Crippen LogP contribution in [0.1, 0.15) is 27.2 Å². The van der Waals surface area contributed by atoms with Crippen molar-refractivity contribution in [2.75, 3.05) is 37.7 Å². The molecule has 1 fully saturated rings. The third kappa shape index (κ3) is 5.36. The standard InChI is InChI=1S/C12H26N2O2S/c1-4-5-13-8-11(2)9-14-6-7-17(15,16)10-12(14)3/h11-13H,4-10H2,1-3H3. The fraction of sp³-hybridized carbons (Fsp3) is 1.00. The van der Waals surface area contributed by atoms with Crippen LogP contribution in [-0.4, -0.2) is 57.0 Å². The van der Waals surface area contributed by atoms with Gasteiger partial charge in [0.1, 0.15) is 0 Å². The zero-order valence-corrected chi connectivity index (χ0v) is 12.1. The van der Waals surface area contributed by atoms with E-state index in [1.165, 1.54) is 0 Å². The maximum absolute atomic E-state index is 11.5. The van der Waals surface area contributed by atoms with Crippen molar-refractivity contribution in [2.24, 2.45) is 5.92 Å². The van der Waals surface area contributed by atoms with Gasteiger partial charge in [-0.25, -0.2) is 8.42 Å². The van der Waals surface area contributed by atoms with Gasteiger partial charge in [-0.2, -0.15) is 0 Å². The molecule has 2 unspecified atom stereocenters. The molecule has 0 aromatic heterocycles. The van der Waals surface area contributed by atoms with Crippen LogP contribution in [0.25, 0.3) is 0 Å². The van der Waals surface area contributed by atoms with Crippen molar-refractivity contribution in [1.29, 1.82) is 0 Å². The molecule has 1 aliphatic rings. The largest absolute Gasteiger partial charge is 0.316 e. The molecular weight excluding hydrogens is 236 g/mol. The summed E-state index contributed by atoms with van der Waals surface area (Å²) in [6.07, 6.45) is 1.16. The van der Waals surface area contributed by atoms with Crippen LogP contribution in [0.2, 0.25) is 0 Å². The molecule has 0 aliphatic carbocycles. The van der Waals surface area contributed by atoms with E-state index < -0.39 is 9.84 Å². The zero-order valence-electron chi connectivity index (χ0n) is 11.3. The average molecular weight is 262 g/mol. The van der Waals surface area contributed by atoms with E-state index in [4.69, 9.17) is 0 Å². The zero-order chi connectivity index (χ0) is 12.9. The minimum atomic E-state index is -2.78. The van der Waals surface area contributed by atoms with Crippen LogP contribution >= 0.6 is 0 Å². The molecule has 0 radical (unpaired) electrons. The first-order valence-corrected chi connectivity index (χ1v) is 8.42. The van der Waals surface area contributed by atoms with E-state index in [1.54, 1.807) is 0 Å². The minimum absolute atomic E-state index is 0.169. The lowest BCUT2D eigenvalue weighted by molar-refractivity contribution is 0.195. The summed E-state index contributed by atoms with van der Waals surface area (Å²) in [5.74, 6) is 1.22. The van der Waals surface area contributed by atoms with Gasteiger partial charge in [0.2, 0.25) is 0 Å². The van der Waals surface area contributed by atoms with Crippen molar-refractivity contribution in [1.82, 2.24) is 10.2 Å². The van der Waals surface area contributed by atoms with Crippen molar-refractivity contribution in [3.63, 3.8) is 0 Å². The van der Waals surface area contributed by atoms with Gasteiger partial charge < -0.3 is 5.32 Å². The second-order valence-corrected chi connectivity index (χ2v) is 7.50. The maximum atomic E-state index is 11.5. The number of hydrogen-bond acceptors (Lipinski definition) is 4. The molecule has 0 amide bonds. The summed E-state index contributed by atoms with van der Waals surface area (Å²) >= 11 is 0. The van der Waals surface area contributed by atoms with Crippen molar-refractivity contribution < 1.29 is 8.42 Å². The van der Waals surface area contributed by atoms with Crippen molar-refractivity contribution in [2.45, 2.75) is 33.2 Å². The highest BCUT2D eigenvalue weighted by Gasteiger charge is 2.28. The highest BCUT2D eigenvalue weighted by molar-refractivity contribution is 7.91. The molecule has 2 atom stereocenters. The van der Waals surface area contributed by atoms with Gasteiger partial charge in [0.05, 0.1) is 11.5 Å². The van der Waals surface area contributed by atoms with Crippen LogP contribution in [0, 0.1) is 5.92 Å². The van der Waals surface area contributed by atoms with Gasteiger partial charge in [0, 0.05) is 19.1 Å². The van der Waals surface area contributed by atoms with Gasteiger partial charge in [0.25, 0.3) is 0 Å². The second kappa shape index (κ2) is 6.71. The summed E-state index contributed by atoms with van der Waals surface area (Å²) in [4.78, 5) is 2.30. The van der Waals surface area contributed by atoms with Crippen molar-refractivity contribution in [3.8, 4) is 0 Å². The second-order valence-electron chi connectivity index (χ2n) is 5.27. The molecule has 5 heteroatoms. The summed E-state index contributed by atoms with van der Waals surface area (Å²) < 4.78 is 22.9. The topological polar surface area (TPSA) is 49.4 Å². The van der Waals surface area contributed by atoms with E-state index in [0.717, 1.165) is 26.1 Å². The third-order valence-electron chi connectivity index (χ3n) is 3.27. The van der Waals surface area contributed by atoms with E-state index in [1.807, 2.05) is 6.92 Å². The summed E-state index contributed by atoms with van der Waals surface area (Å²) in [5.41, 5.74) is 0. The highest BCUT2D eigenvalue weighted by atomic mass is 32.2. The van der Waals surface area contributed by atoms with Gasteiger partial charge in [-0.3, -0.25) is 4.90 Å². The quantitative estimate of drug-likeness (QED) is 0.717. The normalized spacial score (nSPS) is 26.9. The first-order chi connectivity index (χ1) is 7.94. The van der Waals surface area contributed by atoms with Crippen LogP contribution in [0.5, 0.6) is 0 Å². The Hall–Kier alpha value is -0.130. The first-order valence-electron chi connectivity index (χ1n) is 6.59. The average Bonchev–Trinajstić information content (AvgIpc) is 2.22. The van der Waals surface area contributed by atoms with Crippen molar-refractivity contribution in [3.05, 3.63) is 0 Å². The Labute approximate surface area is 106 Å². The molecule has 0 spiro atoms. The molecule has 0 bridgehead atoms. The van der Waals surface area contributed by atoms with E-state index in [0.29, 0.717) is 24.0 Å². The molecule has 0 saturated carbocycles. The smallest absolute Gasteiger partial charge is 0.153 e. The predicted molar refractivity (Wildman–Crippen MR) is 72.0 cm³/mol. The van der Waals surface area contributed by atoms with E-state index in [2.05, 4.69) is 24.1 Å². The van der Waals surface area contributed by atoms with Crippen molar-refractivity contribution >= 4 is 9.84 Å². The number of hydrogen-bond donors (Lipinski definition) is 1. The van der Waals surface area contributed by atoms with Gasteiger partial charge >= 0.3 is 0 Å². The SMILES string of the molecule is CCCNCC(C)CN1CCS(=O)(=O)CC1C. The molecule has 0 aromatic rings. The lowest BCUT2D eigenvalue weighted by Crippen LogP contribution is -2.49. The molecule has 17 heavy (non-hydrogen) atoms. The van der Waals surface area contributed by atoms with Crippen LogP contribution in [-0.2, 0) is 9.84 Å². The Morgan fingerprint density at radius 2 is 2.18 bits per heavy atom. The predicted octanol–water partition coefficient (Wildman–Crippen LogP) is 0.741. The fourth-order valence-electron chi connectivity index (χ4n) is 2.29. The minimum Gasteiger partial charge on any atom is -0.316 e.